The lowest BCUT2D eigenvalue weighted by molar-refractivity contribution is -0.154. The lowest BCUT2D eigenvalue weighted by Crippen LogP contribution is -2.26. The number of aliphatic hydroxyl groups excluding tert-OH is 1. The van der Waals surface area contributed by atoms with Gasteiger partial charge in [0.1, 0.15) is 12.2 Å². The summed E-state index contributed by atoms with van der Waals surface area (Å²) in [5, 5.41) is 9.85. The molecule has 0 unspecified atom stereocenters. The monoisotopic (exact) mass is 292 g/mol. The van der Waals surface area contributed by atoms with E-state index in [9.17, 15) is 14.7 Å². The summed E-state index contributed by atoms with van der Waals surface area (Å²) in [4.78, 5) is 23.3. The standard InChI is InChI=1S/C16H20O5/c1-11(17)14(13(18)15(19)21-16(2,3)4)20-10-12-8-6-5-7-9-12/h5-9,18H,10H2,1-4H3/b14-13+. The van der Waals surface area contributed by atoms with Crippen LogP contribution in [-0.2, 0) is 25.7 Å². The van der Waals surface area contributed by atoms with Crippen molar-refractivity contribution in [3.05, 3.63) is 47.4 Å². The van der Waals surface area contributed by atoms with Gasteiger partial charge in [-0.15, -0.1) is 0 Å². The molecule has 114 valence electrons. The van der Waals surface area contributed by atoms with Crippen molar-refractivity contribution in [2.75, 3.05) is 0 Å². The molecule has 0 saturated carbocycles. The molecule has 5 nitrogen and oxygen atoms in total. The molecule has 0 amide bonds. The van der Waals surface area contributed by atoms with Crippen LogP contribution < -0.4 is 0 Å². The molecule has 0 radical (unpaired) electrons. The first-order valence-corrected chi connectivity index (χ1v) is 6.55. The van der Waals surface area contributed by atoms with Crippen LogP contribution in [0.25, 0.3) is 0 Å². The SMILES string of the molecule is CC(=O)/C(OCc1ccccc1)=C(\O)C(=O)OC(C)(C)C. The molecule has 0 bridgehead atoms. The van der Waals surface area contributed by atoms with Crippen molar-refractivity contribution in [2.45, 2.75) is 39.9 Å². The molecular formula is C16H20O5. The van der Waals surface area contributed by atoms with Gasteiger partial charge < -0.3 is 14.6 Å². The number of allylic oxidation sites excluding steroid dienone is 1. The van der Waals surface area contributed by atoms with Gasteiger partial charge in [0.2, 0.25) is 11.5 Å². The number of ether oxygens (including phenoxy) is 2. The van der Waals surface area contributed by atoms with Gasteiger partial charge in [0, 0.05) is 6.92 Å². The van der Waals surface area contributed by atoms with E-state index in [2.05, 4.69) is 0 Å². The number of benzene rings is 1. The molecule has 0 spiro atoms. The second kappa shape index (κ2) is 6.92. The van der Waals surface area contributed by atoms with Crippen molar-refractivity contribution in [3.8, 4) is 0 Å². The summed E-state index contributed by atoms with van der Waals surface area (Å²) < 4.78 is 10.3. The van der Waals surface area contributed by atoms with Crippen molar-refractivity contribution >= 4 is 11.8 Å². The van der Waals surface area contributed by atoms with Crippen molar-refractivity contribution in [1.82, 2.24) is 0 Å². The third-order valence-electron chi connectivity index (χ3n) is 2.35. The van der Waals surface area contributed by atoms with Crippen LogP contribution in [0.15, 0.2) is 41.9 Å². The molecule has 0 aliphatic rings. The van der Waals surface area contributed by atoms with Crippen molar-refractivity contribution in [2.24, 2.45) is 0 Å². The normalized spacial score (nSPS) is 12.4. The zero-order chi connectivity index (χ0) is 16.0. The number of hydrogen-bond donors (Lipinski definition) is 1. The Balaban J connectivity index is 2.87. The Morgan fingerprint density at radius 3 is 2.19 bits per heavy atom. The van der Waals surface area contributed by atoms with E-state index in [1.807, 2.05) is 30.3 Å². The minimum absolute atomic E-state index is 0.0720. The van der Waals surface area contributed by atoms with E-state index >= 15 is 0 Å². The molecule has 0 saturated heterocycles. The topological polar surface area (TPSA) is 72.8 Å². The fourth-order valence-corrected chi connectivity index (χ4v) is 1.49. The van der Waals surface area contributed by atoms with Crippen LogP contribution in [0, 0.1) is 0 Å². The molecule has 1 aromatic rings. The maximum atomic E-state index is 11.8. The first-order chi connectivity index (χ1) is 9.70. The van der Waals surface area contributed by atoms with Crippen LogP contribution in [0.3, 0.4) is 0 Å². The Bertz CT molecular complexity index is 538. The highest BCUT2D eigenvalue weighted by molar-refractivity contribution is 5.99. The lowest BCUT2D eigenvalue weighted by atomic mass is 10.2. The summed E-state index contributed by atoms with van der Waals surface area (Å²) in [5.74, 6) is -2.74. The van der Waals surface area contributed by atoms with Gasteiger partial charge in [-0.1, -0.05) is 30.3 Å². The predicted molar refractivity (Wildman–Crippen MR) is 77.4 cm³/mol. The van der Waals surface area contributed by atoms with Crippen LogP contribution in [0.1, 0.15) is 33.3 Å². The zero-order valence-corrected chi connectivity index (χ0v) is 12.7. The number of ketones is 1. The van der Waals surface area contributed by atoms with E-state index in [1.165, 1.54) is 6.92 Å². The van der Waals surface area contributed by atoms with Crippen molar-refractivity contribution in [3.63, 3.8) is 0 Å². The number of carbonyl (C=O) groups is 2. The predicted octanol–water partition coefficient (Wildman–Crippen LogP) is 2.90. The van der Waals surface area contributed by atoms with E-state index in [0.717, 1.165) is 5.56 Å². The molecule has 0 fully saturated rings. The Kier molecular flexibility index (Phi) is 5.52. The molecular weight excluding hydrogens is 272 g/mol. The number of hydrogen-bond acceptors (Lipinski definition) is 5. The zero-order valence-electron chi connectivity index (χ0n) is 12.7. The van der Waals surface area contributed by atoms with Gasteiger partial charge in [-0.2, -0.15) is 0 Å². The van der Waals surface area contributed by atoms with Crippen LogP contribution in [-0.4, -0.2) is 22.5 Å². The van der Waals surface area contributed by atoms with E-state index < -0.39 is 28.9 Å². The number of rotatable bonds is 5. The van der Waals surface area contributed by atoms with Gasteiger partial charge in [0.15, 0.2) is 5.78 Å². The first kappa shape index (κ1) is 16.8. The Morgan fingerprint density at radius 1 is 1.14 bits per heavy atom. The van der Waals surface area contributed by atoms with Gasteiger partial charge in [-0.3, -0.25) is 4.79 Å². The Hall–Kier alpha value is -2.30. The van der Waals surface area contributed by atoms with Crippen LogP contribution in [0.4, 0.5) is 0 Å². The van der Waals surface area contributed by atoms with Gasteiger partial charge in [0.05, 0.1) is 0 Å². The summed E-state index contributed by atoms with van der Waals surface area (Å²) in [6, 6.07) is 9.11. The molecule has 1 aromatic carbocycles. The molecule has 0 aliphatic carbocycles. The van der Waals surface area contributed by atoms with Crippen LogP contribution >= 0.6 is 0 Å². The van der Waals surface area contributed by atoms with E-state index in [1.54, 1.807) is 20.8 Å². The minimum Gasteiger partial charge on any atom is -0.499 e. The van der Waals surface area contributed by atoms with Gasteiger partial charge in [-0.05, 0) is 26.3 Å². The average Bonchev–Trinajstić information content (AvgIpc) is 2.37. The molecule has 0 heterocycles. The molecule has 21 heavy (non-hydrogen) atoms. The first-order valence-electron chi connectivity index (χ1n) is 6.55. The van der Waals surface area contributed by atoms with Crippen molar-refractivity contribution in [1.29, 1.82) is 0 Å². The second-order valence-electron chi connectivity index (χ2n) is 5.51. The third-order valence-corrected chi connectivity index (χ3v) is 2.35. The molecule has 0 aromatic heterocycles. The second-order valence-corrected chi connectivity index (χ2v) is 5.51. The molecule has 5 heteroatoms. The highest BCUT2D eigenvalue weighted by Crippen LogP contribution is 2.15. The average molecular weight is 292 g/mol. The fourth-order valence-electron chi connectivity index (χ4n) is 1.49. The largest absolute Gasteiger partial charge is 0.499 e. The summed E-state index contributed by atoms with van der Waals surface area (Å²) in [5.41, 5.74) is 0.0417. The molecule has 1 N–H and O–H groups in total. The summed E-state index contributed by atoms with van der Waals surface area (Å²) in [6.45, 7) is 6.27. The molecule has 0 aliphatic heterocycles. The fraction of sp³-hybridized carbons (Fsp3) is 0.375. The lowest BCUT2D eigenvalue weighted by Gasteiger charge is -2.19. The minimum atomic E-state index is -0.985. The smallest absolute Gasteiger partial charge is 0.378 e. The summed E-state index contributed by atoms with van der Waals surface area (Å²) in [6.07, 6.45) is 0. The van der Waals surface area contributed by atoms with Crippen molar-refractivity contribution < 1.29 is 24.2 Å². The highest BCUT2D eigenvalue weighted by atomic mass is 16.6. The quantitative estimate of drug-likeness (QED) is 0.513. The van der Waals surface area contributed by atoms with E-state index in [-0.39, 0.29) is 6.61 Å². The third kappa shape index (κ3) is 5.69. The summed E-state index contributed by atoms with van der Waals surface area (Å²) >= 11 is 0. The number of esters is 1. The molecule has 0 atom stereocenters. The maximum absolute atomic E-state index is 11.8. The van der Waals surface area contributed by atoms with Crippen LogP contribution in [0.5, 0.6) is 0 Å². The molecule has 1 rings (SSSR count). The van der Waals surface area contributed by atoms with E-state index in [4.69, 9.17) is 9.47 Å². The number of aliphatic hydroxyl groups is 1. The van der Waals surface area contributed by atoms with Gasteiger partial charge in [-0.25, -0.2) is 4.79 Å². The Morgan fingerprint density at radius 2 is 1.71 bits per heavy atom. The Labute approximate surface area is 124 Å². The maximum Gasteiger partial charge on any atom is 0.378 e. The van der Waals surface area contributed by atoms with Gasteiger partial charge >= 0.3 is 5.97 Å². The van der Waals surface area contributed by atoms with Crippen LogP contribution in [0.2, 0.25) is 0 Å². The number of carbonyl (C=O) groups excluding carboxylic acids is 2. The summed E-state index contributed by atoms with van der Waals surface area (Å²) in [7, 11) is 0. The highest BCUT2D eigenvalue weighted by Gasteiger charge is 2.25. The van der Waals surface area contributed by atoms with Gasteiger partial charge in [0.25, 0.3) is 0 Å². The van der Waals surface area contributed by atoms with E-state index in [0.29, 0.717) is 0 Å². The number of Topliss-reactive ketones (excluding diaryl/α,β-unsaturated/α-hetero) is 1.